The Kier molecular flexibility index (Phi) is 4.01. The summed E-state index contributed by atoms with van der Waals surface area (Å²) < 4.78 is 3.11. The van der Waals surface area contributed by atoms with Crippen LogP contribution in [0.25, 0.3) is 0 Å². The fourth-order valence-corrected chi connectivity index (χ4v) is 2.83. The van der Waals surface area contributed by atoms with Gasteiger partial charge in [0.1, 0.15) is 0 Å². The molecule has 2 rings (SSSR count). The van der Waals surface area contributed by atoms with Gasteiger partial charge in [-0.1, -0.05) is 6.92 Å². The van der Waals surface area contributed by atoms with Gasteiger partial charge in [-0.25, -0.2) is 0 Å². The van der Waals surface area contributed by atoms with E-state index < -0.39 is 0 Å². The molecule has 0 saturated heterocycles. The molecule has 0 saturated carbocycles. The first-order chi connectivity index (χ1) is 7.78. The van der Waals surface area contributed by atoms with Gasteiger partial charge >= 0.3 is 0 Å². The fourth-order valence-electron chi connectivity index (χ4n) is 1.44. The Morgan fingerprint density at radius 1 is 1.56 bits per heavy atom. The molecule has 0 unspecified atom stereocenters. The minimum absolute atomic E-state index is 0.855. The molecule has 2 aromatic heterocycles. The van der Waals surface area contributed by atoms with Gasteiger partial charge in [-0.2, -0.15) is 5.10 Å². The molecule has 0 spiro atoms. The number of halogens is 1. The molecule has 0 bridgehead atoms. The summed E-state index contributed by atoms with van der Waals surface area (Å²) in [4.78, 5) is 1.31. The molecule has 0 amide bonds. The molecule has 0 aliphatic carbocycles. The summed E-state index contributed by atoms with van der Waals surface area (Å²) in [6.45, 7) is 3.98. The maximum Gasteiger partial charge on any atom is 0.0729 e. The molecule has 5 heteroatoms. The molecule has 2 aromatic rings. The lowest BCUT2D eigenvalue weighted by Gasteiger charge is -2.00. The number of aryl methyl sites for hydroxylation is 1. The molecule has 0 aliphatic rings. The van der Waals surface area contributed by atoms with Crippen LogP contribution >= 0.6 is 27.3 Å². The molecule has 1 N–H and O–H groups in total. The van der Waals surface area contributed by atoms with Gasteiger partial charge in [0.05, 0.1) is 11.9 Å². The van der Waals surface area contributed by atoms with E-state index in [-0.39, 0.29) is 0 Å². The van der Waals surface area contributed by atoms with E-state index in [1.54, 1.807) is 11.3 Å². The maximum absolute atomic E-state index is 4.27. The van der Waals surface area contributed by atoms with E-state index in [4.69, 9.17) is 0 Å². The summed E-state index contributed by atoms with van der Waals surface area (Å²) in [5.74, 6) is 0. The van der Waals surface area contributed by atoms with Gasteiger partial charge in [-0.15, -0.1) is 11.3 Å². The molecule has 0 aromatic carbocycles. The van der Waals surface area contributed by atoms with E-state index in [0.29, 0.717) is 0 Å². The number of nitrogens with one attached hydrogen (secondary N) is 1. The number of hydrogen-bond donors (Lipinski definition) is 1. The van der Waals surface area contributed by atoms with E-state index >= 15 is 0 Å². The van der Waals surface area contributed by atoms with Gasteiger partial charge in [-0.3, -0.25) is 4.68 Å². The summed E-state index contributed by atoms with van der Waals surface area (Å²) in [5, 5.41) is 9.73. The first kappa shape index (κ1) is 11.7. The average Bonchev–Trinajstić information content (AvgIpc) is 2.85. The molecular weight excluding hydrogens is 286 g/mol. The molecular formula is C11H14BrN3S. The van der Waals surface area contributed by atoms with E-state index in [2.05, 4.69) is 44.7 Å². The standard InChI is InChI=1S/C11H14BrN3S/c1-2-3-15-7-10(5-14-15)13-6-11-4-9(12)8-16-11/h4-5,7-8,13H,2-3,6H2,1H3. The predicted octanol–water partition coefficient (Wildman–Crippen LogP) is 3.73. The third-order valence-corrected chi connectivity index (χ3v) is 3.87. The lowest BCUT2D eigenvalue weighted by molar-refractivity contribution is 0.603. The van der Waals surface area contributed by atoms with Crippen molar-refractivity contribution in [3.8, 4) is 0 Å². The van der Waals surface area contributed by atoms with Crippen molar-refractivity contribution >= 4 is 33.0 Å². The van der Waals surface area contributed by atoms with Gasteiger partial charge in [0.15, 0.2) is 0 Å². The third kappa shape index (κ3) is 3.09. The minimum Gasteiger partial charge on any atom is -0.378 e. The van der Waals surface area contributed by atoms with Crippen molar-refractivity contribution in [2.45, 2.75) is 26.4 Å². The van der Waals surface area contributed by atoms with Gasteiger partial charge in [0.2, 0.25) is 0 Å². The molecule has 0 aliphatic heterocycles. The monoisotopic (exact) mass is 299 g/mol. The summed E-state index contributed by atoms with van der Waals surface area (Å²) in [6.07, 6.45) is 5.03. The maximum atomic E-state index is 4.27. The van der Waals surface area contributed by atoms with E-state index in [1.165, 1.54) is 4.88 Å². The smallest absolute Gasteiger partial charge is 0.0729 e. The van der Waals surface area contributed by atoms with Gasteiger partial charge in [0.25, 0.3) is 0 Å². The number of nitrogens with zero attached hydrogens (tertiary/aromatic N) is 2. The molecule has 16 heavy (non-hydrogen) atoms. The summed E-state index contributed by atoms with van der Waals surface area (Å²) in [7, 11) is 0. The van der Waals surface area contributed by atoms with Crippen LogP contribution in [-0.2, 0) is 13.1 Å². The zero-order valence-corrected chi connectivity index (χ0v) is 11.5. The van der Waals surface area contributed by atoms with Crippen LogP contribution in [-0.4, -0.2) is 9.78 Å². The van der Waals surface area contributed by atoms with Crippen molar-refractivity contribution in [2.24, 2.45) is 0 Å². The summed E-state index contributed by atoms with van der Waals surface area (Å²) in [6, 6.07) is 2.13. The van der Waals surface area contributed by atoms with E-state index in [9.17, 15) is 0 Å². The first-order valence-electron chi connectivity index (χ1n) is 5.27. The largest absolute Gasteiger partial charge is 0.378 e. The third-order valence-electron chi connectivity index (χ3n) is 2.17. The highest BCUT2D eigenvalue weighted by atomic mass is 79.9. The quantitative estimate of drug-likeness (QED) is 0.912. The van der Waals surface area contributed by atoms with Crippen LogP contribution in [0.2, 0.25) is 0 Å². The lowest BCUT2D eigenvalue weighted by Crippen LogP contribution is -1.97. The number of anilines is 1. The molecule has 0 fully saturated rings. The Labute approximate surface area is 108 Å². The highest BCUT2D eigenvalue weighted by molar-refractivity contribution is 9.10. The van der Waals surface area contributed by atoms with Crippen LogP contribution in [0.15, 0.2) is 28.3 Å². The Morgan fingerprint density at radius 3 is 3.12 bits per heavy atom. The SMILES string of the molecule is CCCn1cc(NCc2cc(Br)cs2)cn1. The minimum atomic E-state index is 0.855. The second-order valence-electron chi connectivity index (χ2n) is 3.58. The second-order valence-corrected chi connectivity index (χ2v) is 5.49. The normalized spacial score (nSPS) is 10.6. The van der Waals surface area contributed by atoms with Crippen molar-refractivity contribution in [3.63, 3.8) is 0 Å². The zero-order valence-electron chi connectivity index (χ0n) is 9.11. The van der Waals surface area contributed by atoms with Crippen molar-refractivity contribution in [2.75, 3.05) is 5.32 Å². The van der Waals surface area contributed by atoms with E-state index in [0.717, 1.165) is 29.7 Å². The number of rotatable bonds is 5. The van der Waals surface area contributed by atoms with Crippen molar-refractivity contribution in [1.82, 2.24) is 9.78 Å². The molecule has 86 valence electrons. The van der Waals surface area contributed by atoms with E-state index in [1.807, 2.05) is 17.1 Å². The Morgan fingerprint density at radius 2 is 2.44 bits per heavy atom. The number of thiophene rings is 1. The van der Waals surface area contributed by atoms with Gasteiger partial charge in [-0.05, 0) is 28.4 Å². The predicted molar refractivity (Wildman–Crippen MR) is 71.9 cm³/mol. The Balaban J connectivity index is 1.89. The van der Waals surface area contributed by atoms with Crippen LogP contribution in [0, 0.1) is 0 Å². The Bertz CT molecular complexity index is 450. The second kappa shape index (κ2) is 5.50. The molecule has 2 heterocycles. The van der Waals surface area contributed by atoms with Crippen LogP contribution in [0.5, 0.6) is 0 Å². The van der Waals surface area contributed by atoms with Crippen molar-refractivity contribution < 1.29 is 0 Å². The molecule has 3 nitrogen and oxygen atoms in total. The van der Waals surface area contributed by atoms with Crippen LogP contribution in [0.4, 0.5) is 5.69 Å². The fraction of sp³-hybridized carbons (Fsp3) is 0.364. The summed E-state index contributed by atoms with van der Waals surface area (Å²) >= 11 is 5.20. The molecule has 0 radical (unpaired) electrons. The van der Waals surface area contributed by atoms with Crippen LogP contribution < -0.4 is 5.32 Å². The van der Waals surface area contributed by atoms with Gasteiger partial charge < -0.3 is 5.32 Å². The zero-order chi connectivity index (χ0) is 11.4. The van der Waals surface area contributed by atoms with Crippen LogP contribution in [0.3, 0.4) is 0 Å². The Hall–Kier alpha value is -0.810. The van der Waals surface area contributed by atoms with Crippen molar-refractivity contribution in [3.05, 3.63) is 33.2 Å². The van der Waals surface area contributed by atoms with Crippen molar-refractivity contribution in [1.29, 1.82) is 0 Å². The first-order valence-corrected chi connectivity index (χ1v) is 6.94. The number of aromatic nitrogens is 2. The topological polar surface area (TPSA) is 29.9 Å². The number of hydrogen-bond acceptors (Lipinski definition) is 3. The van der Waals surface area contributed by atoms with Gasteiger partial charge in [0, 0.05) is 34.0 Å². The lowest BCUT2D eigenvalue weighted by atomic mass is 10.4. The van der Waals surface area contributed by atoms with Crippen LogP contribution in [0.1, 0.15) is 18.2 Å². The highest BCUT2D eigenvalue weighted by Crippen LogP contribution is 2.20. The average molecular weight is 300 g/mol. The highest BCUT2D eigenvalue weighted by Gasteiger charge is 2.00. The molecule has 0 atom stereocenters. The summed E-state index contributed by atoms with van der Waals surface area (Å²) in [5.41, 5.74) is 1.08.